The molecule has 1 aromatic heterocycles. The van der Waals surface area contributed by atoms with E-state index in [1.165, 1.54) is 0 Å². The fourth-order valence-electron chi connectivity index (χ4n) is 2.39. The Bertz CT molecular complexity index is 547. The second-order valence-electron chi connectivity index (χ2n) is 4.92. The van der Waals surface area contributed by atoms with Crippen LogP contribution < -0.4 is 10.2 Å². The number of aromatic nitrogens is 1. The summed E-state index contributed by atoms with van der Waals surface area (Å²) in [6.45, 7) is 5.28. The first kappa shape index (κ1) is 13.3. The number of nitrogens with zero attached hydrogens (tertiary/aromatic N) is 3. The maximum Gasteiger partial charge on any atom is 0.224 e. The third-order valence-electron chi connectivity index (χ3n) is 3.67. The minimum atomic E-state index is -0.0139. The molecule has 5 nitrogen and oxygen atoms in total. The number of hydrogen-bond donors (Lipinski definition) is 1. The molecule has 1 atom stereocenters. The van der Waals surface area contributed by atoms with Crippen LogP contribution in [0.15, 0.2) is 6.07 Å². The van der Waals surface area contributed by atoms with Gasteiger partial charge in [-0.05, 0) is 31.9 Å². The van der Waals surface area contributed by atoms with Gasteiger partial charge in [0, 0.05) is 25.8 Å². The Morgan fingerprint density at radius 1 is 1.58 bits per heavy atom. The second-order valence-corrected chi connectivity index (χ2v) is 4.92. The van der Waals surface area contributed by atoms with Gasteiger partial charge in [0.1, 0.15) is 11.9 Å². The molecule has 1 aliphatic rings. The van der Waals surface area contributed by atoms with Gasteiger partial charge in [-0.15, -0.1) is 0 Å². The van der Waals surface area contributed by atoms with Gasteiger partial charge in [-0.2, -0.15) is 5.26 Å². The Hall–Kier alpha value is -2.09. The summed E-state index contributed by atoms with van der Waals surface area (Å²) in [5.41, 5.74) is 2.53. The molecule has 1 aliphatic heterocycles. The normalized spacial score (nSPS) is 18.2. The molecule has 0 spiro atoms. The number of nitriles is 1. The smallest absolute Gasteiger partial charge is 0.224 e. The molecule has 1 N–H and O–H groups in total. The van der Waals surface area contributed by atoms with Gasteiger partial charge in [-0.25, -0.2) is 4.98 Å². The first-order valence-electron chi connectivity index (χ1n) is 6.41. The van der Waals surface area contributed by atoms with Gasteiger partial charge >= 0.3 is 0 Å². The Kier molecular flexibility index (Phi) is 3.70. The van der Waals surface area contributed by atoms with E-state index < -0.39 is 0 Å². The molecule has 2 heterocycles. The number of anilines is 1. The Labute approximate surface area is 113 Å². The van der Waals surface area contributed by atoms with Crippen LogP contribution in [0.3, 0.4) is 0 Å². The van der Waals surface area contributed by atoms with Crippen LogP contribution >= 0.6 is 0 Å². The van der Waals surface area contributed by atoms with Crippen LogP contribution in [-0.2, 0) is 4.79 Å². The molecular formula is C14H18N4O. The van der Waals surface area contributed by atoms with E-state index in [1.807, 2.05) is 24.8 Å². The van der Waals surface area contributed by atoms with Crippen molar-refractivity contribution in [2.45, 2.75) is 20.3 Å². The van der Waals surface area contributed by atoms with E-state index in [9.17, 15) is 10.1 Å². The summed E-state index contributed by atoms with van der Waals surface area (Å²) < 4.78 is 0. The summed E-state index contributed by atoms with van der Waals surface area (Å²) in [7, 11) is 1.65. The van der Waals surface area contributed by atoms with E-state index in [-0.39, 0.29) is 11.8 Å². The molecule has 5 heteroatoms. The van der Waals surface area contributed by atoms with Gasteiger partial charge in [0.2, 0.25) is 5.91 Å². The van der Waals surface area contributed by atoms with Gasteiger partial charge < -0.3 is 10.2 Å². The summed E-state index contributed by atoms with van der Waals surface area (Å²) in [6, 6.07) is 4.06. The molecule has 0 aromatic carbocycles. The summed E-state index contributed by atoms with van der Waals surface area (Å²) in [5.74, 6) is 0.752. The van der Waals surface area contributed by atoms with Crippen molar-refractivity contribution in [3.05, 3.63) is 22.9 Å². The summed E-state index contributed by atoms with van der Waals surface area (Å²) >= 11 is 0. The highest BCUT2D eigenvalue weighted by atomic mass is 16.1. The molecular weight excluding hydrogens is 240 g/mol. The zero-order chi connectivity index (χ0) is 14.0. The van der Waals surface area contributed by atoms with Crippen LogP contribution in [-0.4, -0.2) is 31.0 Å². The first-order chi connectivity index (χ1) is 9.06. The fourth-order valence-corrected chi connectivity index (χ4v) is 2.39. The summed E-state index contributed by atoms with van der Waals surface area (Å²) in [6.07, 6.45) is 0.805. The number of amides is 1. The largest absolute Gasteiger partial charge is 0.359 e. The van der Waals surface area contributed by atoms with E-state index in [0.717, 1.165) is 24.2 Å². The van der Waals surface area contributed by atoms with Gasteiger partial charge in [-0.3, -0.25) is 4.79 Å². The number of carbonyl (C=O) groups excluding carboxylic acids is 1. The average molecular weight is 258 g/mol. The Morgan fingerprint density at radius 2 is 2.32 bits per heavy atom. The predicted octanol–water partition coefficient (Wildman–Crippen LogP) is 1.14. The quantitative estimate of drug-likeness (QED) is 0.863. The highest BCUT2D eigenvalue weighted by Crippen LogP contribution is 2.26. The molecule has 0 bridgehead atoms. The minimum Gasteiger partial charge on any atom is -0.359 e. The van der Waals surface area contributed by atoms with E-state index in [0.29, 0.717) is 17.9 Å². The van der Waals surface area contributed by atoms with Crippen molar-refractivity contribution >= 4 is 11.7 Å². The summed E-state index contributed by atoms with van der Waals surface area (Å²) in [5, 5.41) is 11.9. The monoisotopic (exact) mass is 258 g/mol. The van der Waals surface area contributed by atoms with Crippen LogP contribution in [0.1, 0.15) is 23.2 Å². The molecule has 1 aromatic rings. The molecule has 19 heavy (non-hydrogen) atoms. The molecule has 1 fully saturated rings. The molecule has 1 amide bonds. The van der Waals surface area contributed by atoms with E-state index >= 15 is 0 Å². The highest BCUT2D eigenvalue weighted by Gasteiger charge is 2.29. The SMILES string of the molecule is CNC(=O)C1CCN(c2nc(C)c(C)cc2C#N)C1. The van der Waals surface area contributed by atoms with E-state index in [1.54, 1.807) is 7.05 Å². The van der Waals surface area contributed by atoms with Crippen LogP contribution in [0.25, 0.3) is 0 Å². The highest BCUT2D eigenvalue weighted by molar-refractivity contribution is 5.79. The number of rotatable bonds is 2. The lowest BCUT2D eigenvalue weighted by molar-refractivity contribution is -0.123. The topological polar surface area (TPSA) is 69.0 Å². The van der Waals surface area contributed by atoms with Crippen molar-refractivity contribution in [1.29, 1.82) is 5.26 Å². The van der Waals surface area contributed by atoms with Crippen LogP contribution in [0.2, 0.25) is 0 Å². The lowest BCUT2D eigenvalue weighted by Crippen LogP contribution is -2.30. The molecule has 1 saturated heterocycles. The minimum absolute atomic E-state index is 0.0139. The van der Waals surface area contributed by atoms with Crippen LogP contribution in [0.5, 0.6) is 0 Å². The predicted molar refractivity (Wildman–Crippen MR) is 72.8 cm³/mol. The van der Waals surface area contributed by atoms with Gasteiger partial charge in [-0.1, -0.05) is 0 Å². The zero-order valence-electron chi connectivity index (χ0n) is 11.5. The van der Waals surface area contributed by atoms with E-state index in [4.69, 9.17) is 0 Å². The maximum absolute atomic E-state index is 11.6. The standard InChI is InChI=1S/C14H18N4O/c1-9-6-12(7-15)13(17-10(9)2)18-5-4-11(8-18)14(19)16-3/h6,11H,4-5,8H2,1-3H3,(H,16,19). The lowest BCUT2D eigenvalue weighted by atomic mass is 10.1. The number of hydrogen-bond acceptors (Lipinski definition) is 4. The van der Waals surface area contributed by atoms with Crippen molar-refractivity contribution in [3.8, 4) is 6.07 Å². The Morgan fingerprint density at radius 3 is 2.95 bits per heavy atom. The number of aryl methyl sites for hydroxylation is 2. The van der Waals surface area contributed by atoms with E-state index in [2.05, 4.69) is 16.4 Å². The number of nitrogens with one attached hydrogen (secondary N) is 1. The van der Waals surface area contributed by atoms with Gasteiger partial charge in [0.05, 0.1) is 11.5 Å². The molecule has 0 aliphatic carbocycles. The van der Waals surface area contributed by atoms with Gasteiger partial charge in [0.15, 0.2) is 0 Å². The number of pyridine rings is 1. The van der Waals surface area contributed by atoms with Crippen molar-refractivity contribution in [2.24, 2.45) is 5.92 Å². The molecule has 100 valence electrons. The van der Waals surface area contributed by atoms with Gasteiger partial charge in [0.25, 0.3) is 0 Å². The third-order valence-corrected chi connectivity index (χ3v) is 3.67. The van der Waals surface area contributed by atoms with Crippen LogP contribution in [0.4, 0.5) is 5.82 Å². The molecule has 0 radical (unpaired) electrons. The zero-order valence-corrected chi connectivity index (χ0v) is 11.5. The van der Waals surface area contributed by atoms with Crippen molar-refractivity contribution in [3.63, 3.8) is 0 Å². The molecule has 2 rings (SSSR count). The average Bonchev–Trinajstić information content (AvgIpc) is 2.90. The van der Waals surface area contributed by atoms with Crippen molar-refractivity contribution in [1.82, 2.24) is 10.3 Å². The maximum atomic E-state index is 11.6. The summed E-state index contributed by atoms with van der Waals surface area (Å²) in [4.78, 5) is 18.2. The first-order valence-corrected chi connectivity index (χ1v) is 6.41. The fraction of sp³-hybridized carbons (Fsp3) is 0.500. The van der Waals surface area contributed by atoms with Crippen molar-refractivity contribution in [2.75, 3.05) is 25.0 Å². The molecule has 1 unspecified atom stereocenters. The lowest BCUT2D eigenvalue weighted by Gasteiger charge is -2.19. The van der Waals surface area contributed by atoms with Crippen LogP contribution in [0, 0.1) is 31.1 Å². The second kappa shape index (κ2) is 5.27. The molecule has 0 saturated carbocycles. The third kappa shape index (κ3) is 2.53. The Balaban J connectivity index is 2.27. The number of carbonyl (C=O) groups is 1. The van der Waals surface area contributed by atoms with Crippen molar-refractivity contribution < 1.29 is 4.79 Å².